The van der Waals surface area contributed by atoms with E-state index in [4.69, 9.17) is 0 Å². The van der Waals surface area contributed by atoms with Gasteiger partial charge in [-0.3, -0.25) is 4.79 Å². The lowest BCUT2D eigenvalue weighted by atomic mass is 9.85. The Kier molecular flexibility index (Phi) is 5.98. The topological polar surface area (TPSA) is 17.1 Å². The van der Waals surface area contributed by atoms with E-state index in [0.29, 0.717) is 0 Å². The van der Waals surface area contributed by atoms with E-state index >= 15 is 0 Å². The molecule has 2 heteroatoms. The highest BCUT2D eigenvalue weighted by Gasteiger charge is 2.29. The fraction of sp³-hybridized carbons (Fsp3) is 0.526. The van der Waals surface area contributed by atoms with Crippen LogP contribution in [0.5, 0.6) is 0 Å². The van der Waals surface area contributed by atoms with Gasteiger partial charge in [0.1, 0.15) is 8.07 Å². The van der Waals surface area contributed by atoms with Gasteiger partial charge in [-0.2, -0.15) is 0 Å². The maximum Gasteiger partial charge on any atom is 0.180 e. The second kappa shape index (κ2) is 7.09. The number of aryl methyl sites for hydroxylation is 1. The van der Waals surface area contributed by atoms with E-state index in [9.17, 15) is 4.79 Å². The molecule has 1 aromatic carbocycles. The first kappa shape index (κ1) is 17.7. The molecule has 0 spiro atoms. The standard InChI is InChI=1S/C19H28OSi/c1-7-21(8-2,9-3)15-14-19(5,6)18(20)17-12-10-16(4)11-13-17/h10-13H,7-9H2,1-6H3. The lowest BCUT2D eigenvalue weighted by molar-refractivity contribution is 0.0893. The van der Waals surface area contributed by atoms with Crippen molar-refractivity contribution in [1.29, 1.82) is 0 Å². The van der Waals surface area contributed by atoms with Gasteiger partial charge in [-0.05, 0) is 38.9 Å². The summed E-state index contributed by atoms with van der Waals surface area (Å²) < 4.78 is 0. The minimum Gasteiger partial charge on any atom is -0.292 e. The molecule has 0 fully saturated rings. The van der Waals surface area contributed by atoms with E-state index < -0.39 is 13.5 Å². The van der Waals surface area contributed by atoms with Gasteiger partial charge in [-0.15, -0.1) is 5.54 Å². The van der Waals surface area contributed by atoms with Crippen LogP contribution in [0.4, 0.5) is 0 Å². The quantitative estimate of drug-likeness (QED) is 0.412. The van der Waals surface area contributed by atoms with E-state index in [1.807, 2.05) is 45.0 Å². The molecule has 0 heterocycles. The van der Waals surface area contributed by atoms with Crippen LogP contribution in [-0.4, -0.2) is 13.9 Å². The fourth-order valence-electron chi connectivity index (χ4n) is 2.43. The summed E-state index contributed by atoms with van der Waals surface area (Å²) in [6.07, 6.45) is 0. The molecule has 21 heavy (non-hydrogen) atoms. The first-order valence-corrected chi connectivity index (χ1v) is 10.6. The second-order valence-electron chi connectivity index (χ2n) is 6.41. The number of benzene rings is 1. The van der Waals surface area contributed by atoms with Gasteiger partial charge in [-0.1, -0.05) is 56.5 Å². The van der Waals surface area contributed by atoms with Crippen molar-refractivity contribution in [3.8, 4) is 11.5 Å². The maximum absolute atomic E-state index is 12.7. The lowest BCUT2D eigenvalue weighted by Gasteiger charge is -2.22. The predicted molar refractivity (Wildman–Crippen MR) is 94.3 cm³/mol. The third-order valence-electron chi connectivity index (χ3n) is 4.55. The van der Waals surface area contributed by atoms with Crippen molar-refractivity contribution in [2.45, 2.75) is 59.7 Å². The summed E-state index contributed by atoms with van der Waals surface area (Å²) in [4.78, 5) is 12.7. The average Bonchev–Trinajstić information content (AvgIpc) is 2.49. The van der Waals surface area contributed by atoms with Crippen LogP contribution in [0, 0.1) is 23.8 Å². The molecule has 0 amide bonds. The Hall–Kier alpha value is -1.33. The van der Waals surface area contributed by atoms with E-state index in [1.54, 1.807) is 0 Å². The largest absolute Gasteiger partial charge is 0.292 e. The molecule has 1 rings (SSSR count). The molecule has 1 aromatic rings. The van der Waals surface area contributed by atoms with Gasteiger partial charge in [0.25, 0.3) is 0 Å². The maximum atomic E-state index is 12.7. The molecular formula is C19H28OSi. The van der Waals surface area contributed by atoms with Gasteiger partial charge in [0.2, 0.25) is 0 Å². The minimum atomic E-state index is -1.50. The summed E-state index contributed by atoms with van der Waals surface area (Å²) in [6, 6.07) is 11.3. The number of Topliss-reactive ketones (excluding diaryl/α,β-unsaturated/α-hetero) is 1. The summed E-state index contributed by atoms with van der Waals surface area (Å²) >= 11 is 0. The minimum absolute atomic E-state index is 0.126. The Morgan fingerprint density at radius 2 is 1.52 bits per heavy atom. The Balaban J connectivity index is 3.06. The van der Waals surface area contributed by atoms with Gasteiger partial charge in [0.05, 0.1) is 5.41 Å². The molecule has 0 atom stereocenters. The van der Waals surface area contributed by atoms with Crippen molar-refractivity contribution in [1.82, 2.24) is 0 Å². The van der Waals surface area contributed by atoms with E-state index in [2.05, 4.69) is 32.2 Å². The van der Waals surface area contributed by atoms with Crippen molar-refractivity contribution in [2.24, 2.45) is 5.41 Å². The monoisotopic (exact) mass is 300 g/mol. The molecule has 114 valence electrons. The molecule has 0 bridgehead atoms. The van der Waals surface area contributed by atoms with E-state index in [0.717, 1.165) is 5.56 Å². The van der Waals surface area contributed by atoms with Crippen molar-refractivity contribution in [3.63, 3.8) is 0 Å². The van der Waals surface area contributed by atoms with Crippen LogP contribution in [0.3, 0.4) is 0 Å². The average molecular weight is 301 g/mol. The highest BCUT2D eigenvalue weighted by molar-refractivity contribution is 6.87. The SMILES string of the molecule is CC[Si](C#CC(C)(C)C(=O)c1ccc(C)cc1)(CC)CC. The van der Waals surface area contributed by atoms with Crippen LogP contribution in [0.25, 0.3) is 0 Å². The number of rotatable bonds is 5. The van der Waals surface area contributed by atoms with Gasteiger partial charge in [0, 0.05) is 5.56 Å². The summed E-state index contributed by atoms with van der Waals surface area (Å²) in [5.74, 6) is 3.45. The zero-order valence-electron chi connectivity index (χ0n) is 14.3. The molecule has 0 aromatic heterocycles. The molecular weight excluding hydrogens is 272 g/mol. The number of carbonyl (C=O) groups is 1. The van der Waals surface area contributed by atoms with Crippen molar-refractivity contribution < 1.29 is 4.79 Å². The Morgan fingerprint density at radius 3 is 1.95 bits per heavy atom. The van der Waals surface area contributed by atoms with Gasteiger partial charge >= 0.3 is 0 Å². The smallest absolute Gasteiger partial charge is 0.180 e. The first-order chi connectivity index (χ1) is 9.80. The highest BCUT2D eigenvalue weighted by atomic mass is 28.3. The van der Waals surface area contributed by atoms with Gasteiger partial charge in [0.15, 0.2) is 5.78 Å². The van der Waals surface area contributed by atoms with Crippen molar-refractivity contribution in [2.75, 3.05) is 0 Å². The van der Waals surface area contributed by atoms with Crippen molar-refractivity contribution in [3.05, 3.63) is 35.4 Å². The number of hydrogen-bond donors (Lipinski definition) is 0. The summed E-state index contributed by atoms with van der Waals surface area (Å²) in [7, 11) is -1.50. The molecule has 1 nitrogen and oxygen atoms in total. The third-order valence-corrected chi connectivity index (χ3v) is 9.27. The molecule has 0 saturated heterocycles. The zero-order valence-corrected chi connectivity index (χ0v) is 15.3. The molecule has 0 radical (unpaired) electrons. The molecule has 0 N–H and O–H groups in total. The number of carbonyl (C=O) groups excluding carboxylic acids is 1. The molecule has 0 aliphatic heterocycles. The summed E-state index contributed by atoms with van der Waals surface area (Å²) in [5, 5.41) is 0. The number of hydrogen-bond acceptors (Lipinski definition) is 1. The zero-order chi connectivity index (χ0) is 16.1. The second-order valence-corrected chi connectivity index (χ2v) is 11.3. The van der Waals surface area contributed by atoms with E-state index in [1.165, 1.54) is 23.7 Å². The van der Waals surface area contributed by atoms with Crippen LogP contribution in [-0.2, 0) is 0 Å². The predicted octanol–water partition coefficient (Wildman–Crippen LogP) is 5.26. The van der Waals surface area contributed by atoms with Crippen LogP contribution in [0.2, 0.25) is 18.1 Å². The summed E-state index contributed by atoms with van der Waals surface area (Å²) in [6.45, 7) is 12.6. The van der Waals surface area contributed by atoms with Crippen LogP contribution in [0.15, 0.2) is 24.3 Å². The summed E-state index contributed by atoms with van der Waals surface area (Å²) in [5.41, 5.74) is 4.88. The normalized spacial score (nSPS) is 11.7. The van der Waals surface area contributed by atoms with Crippen LogP contribution < -0.4 is 0 Å². The molecule has 0 aliphatic rings. The van der Waals surface area contributed by atoms with Gasteiger partial charge < -0.3 is 0 Å². The van der Waals surface area contributed by atoms with Gasteiger partial charge in [-0.25, -0.2) is 0 Å². The Morgan fingerprint density at radius 1 is 1.05 bits per heavy atom. The molecule has 0 unspecified atom stereocenters. The van der Waals surface area contributed by atoms with E-state index in [-0.39, 0.29) is 5.78 Å². The van der Waals surface area contributed by atoms with Crippen molar-refractivity contribution >= 4 is 13.9 Å². The van der Waals surface area contributed by atoms with Crippen LogP contribution >= 0.6 is 0 Å². The lowest BCUT2D eigenvalue weighted by Crippen LogP contribution is -2.31. The Labute approximate surface area is 131 Å². The third kappa shape index (κ3) is 4.31. The van der Waals surface area contributed by atoms with Crippen LogP contribution in [0.1, 0.15) is 50.5 Å². The Bertz CT molecular complexity index is 531. The highest BCUT2D eigenvalue weighted by Crippen LogP contribution is 2.24. The fourth-order valence-corrected chi connectivity index (χ4v) is 5.03. The molecule has 0 saturated carbocycles. The first-order valence-electron chi connectivity index (χ1n) is 7.96. The number of ketones is 1. The molecule has 0 aliphatic carbocycles.